The SMILES string of the molecule is CC(C)(C)OC(=O)c1nnco1. The molecule has 12 heavy (non-hydrogen) atoms. The third-order valence-electron chi connectivity index (χ3n) is 0.934. The van der Waals surface area contributed by atoms with Gasteiger partial charge < -0.3 is 9.15 Å². The molecule has 0 bridgehead atoms. The Morgan fingerprint density at radius 1 is 1.58 bits per heavy atom. The molecule has 0 unspecified atom stereocenters. The molecule has 1 aromatic rings. The smallest absolute Gasteiger partial charge is 0.396 e. The second-order valence-electron chi connectivity index (χ2n) is 3.25. The number of carbonyl (C=O) groups excluding carboxylic acids is 1. The van der Waals surface area contributed by atoms with Crippen LogP contribution in [0.3, 0.4) is 0 Å². The Bertz CT molecular complexity index is 261. The van der Waals surface area contributed by atoms with Crippen molar-refractivity contribution in [1.29, 1.82) is 0 Å². The van der Waals surface area contributed by atoms with Gasteiger partial charge in [-0.05, 0) is 20.8 Å². The molecule has 0 aliphatic carbocycles. The number of aromatic nitrogens is 2. The van der Waals surface area contributed by atoms with Crippen LogP contribution in [0, 0.1) is 0 Å². The van der Waals surface area contributed by atoms with Crippen molar-refractivity contribution in [2.75, 3.05) is 0 Å². The van der Waals surface area contributed by atoms with Gasteiger partial charge >= 0.3 is 11.9 Å². The summed E-state index contributed by atoms with van der Waals surface area (Å²) in [5, 5.41) is 6.76. The van der Waals surface area contributed by atoms with Crippen LogP contribution in [0.1, 0.15) is 31.5 Å². The zero-order valence-corrected chi connectivity index (χ0v) is 7.20. The van der Waals surface area contributed by atoms with Gasteiger partial charge in [0.15, 0.2) is 0 Å². The molecule has 0 saturated heterocycles. The Morgan fingerprint density at radius 2 is 2.25 bits per heavy atom. The fourth-order valence-electron chi connectivity index (χ4n) is 0.584. The highest BCUT2D eigenvalue weighted by atomic mass is 16.6. The van der Waals surface area contributed by atoms with Gasteiger partial charge in [0, 0.05) is 0 Å². The van der Waals surface area contributed by atoms with Crippen molar-refractivity contribution in [3.8, 4) is 0 Å². The van der Waals surface area contributed by atoms with Crippen molar-refractivity contribution in [3.05, 3.63) is 12.3 Å². The molecule has 1 aromatic heterocycles. The fourth-order valence-corrected chi connectivity index (χ4v) is 0.584. The maximum atomic E-state index is 11.1. The minimum atomic E-state index is -0.597. The number of ether oxygens (including phenoxy) is 1. The summed E-state index contributed by atoms with van der Waals surface area (Å²) in [5.74, 6) is -0.718. The van der Waals surface area contributed by atoms with E-state index in [1.165, 1.54) is 0 Å². The van der Waals surface area contributed by atoms with E-state index >= 15 is 0 Å². The molecule has 0 fully saturated rings. The van der Waals surface area contributed by atoms with Crippen molar-refractivity contribution in [2.24, 2.45) is 0 Å². The summed E-state index contributed by atoms with van der Waals surface area (Å²) in [7, 11) is 0. The van der Waals surface area contributed by atoms with Crippen LogP contribution in [-0.4, -0.2) is 21.8 Å². The Labute approximate surface area is 69.7 Å². The van der Waals surface area contributed by atoms with Crippen molar-refractivity contribution >= 4 is 5.97 Å². The Kier molecular flexibility index (Phi) is 2.12. The normalized spacial score (nSPS) is 11.2. The predicted molar refractivity (Wildman–Crippen MR) is 39.5 cm³/mol. The maximum Gasteiger partial charge on any atom is 0.396 e. The maximum absolute atomic E-state index is 11.1. The molecule has 1 rings (SSSR count). The molecule has 0 atom stereocenters. The van der Waals surface area contributed by atoms with Crippen LogP contribution in [0.2, 0.25) is 0 Å². The molecule has 5 heteroatoms. The van der Waals surface area contributed by atoms with Crippen molar-refractivity contribution in [2.45, 2.75) is 26.4 Å². The van der Waals surface area contributed by atoms with Crippen LogP contribution in [0.5, 0.6) is 0 Å². The first kappa shape index (κ1) is 8.70. The molecular formula is C7H10N2O3. The summed E-state index contributed by atoms with van der Waals surface area (Å²) in [4.78, 5) is 11.1. The van der Waals surface area contributed by atoms with Crippen LogP contribution in [0.4, 0.5) is 0 Å². The van der Waals surface area contributed by atoms with Gasteiger partial charge in [-0.2, -0.15) is 0 Å². The average molecular weight is 170 g/mol. The van der Waals surface area contributed by atoms with Crippen molar-refractivity contribution in [3.63, 3.8) is 0 Å². The molecule has 66 valence electrons. The third kappa shape index (κ3) is 2.34. The molecule has 0 amide bonds. The first-order chi connectivity index (χ1) is 5.49. The van der Waals surface area contributed by atoms with Crippen molar-refractivity contribution < 1.29 is 13.9 Å². The van der Waals surface area contributed by atoms with Crippen LogP contribution < -0.4 is 0 Å². The summed E-state index contributed by atoms with van der Waals surface area (Å²) >= 11 is 0. The molecule has 5 nitrogen and oxygen atoms in total. The van der Waals surface area contributed by atoms with Crippen LogP contribution in [-0.2, 0) is 4.74 Å². The number of hydrogen-bond donors (Lipinski definition) is 0. The van der Waals surface area contributed by atoms with Crippen LogP contribution in [0.25, 0.3) is 0 Å². The van der Waals surface area contributed by atoms with E-state index in [1.54, 1.807) is 20.8 Å². The van der Waals surface area contributed by atoms with Gasteiger partial charge in [-0.25, -0.2) is 4.79 Å². The zero-order chi connectivity index (χ0) is 9.19. The van der Waals surface area contributed by atoms with Gasteiger partial charge in [-0.3, -0.25) is 0 Å². The second-order valence-corrected chi connectivity index (χ2v) is 3.25. The van der Waals surface area contributed by atoms with E-state index < -0.39 is 11.6 Å². The number of hydrogen-bond acceptors (Lipinski definition) is 5. The lowest BCUT2D eigenvalue weighted by Crippen LogP contribution is -2.24. The average Bonchev–Trinajstić information content (AvgIpc) is 2.32. The van der Waals surface area contributed by atoms with E-state index in [2.05, 4.69) is 14.6 Å². The lowest BCUT2D eigenvalue weighted by molar-refractivity contribution is 0.00271. The van der Waals surface area contributed by atoms with Gasteiger partial charge in [-0.15, -0.1) is 10.2 Å². The van der Waals surface area contributed by atoms with Crippen molar-refractivity contribution in [1.82, 2.24) is 10.2 Å². The molecule has 0 aliphatic heterocycles. The molecule has 0 aromatic carbocycles. The van der Waals surface area contributed by atoms with Gasteiger partial charge in [0.1, 0.15) is 5.60 Å². The standard InChI is InChI=1S/C7H10N2O3/c1-7(2,3)12-6(10)5-9-8-4-11-5/h4H,1-3H3. The van der Waals surface area contributed by atoms with E-state index in [-0.39, 0.29) is 5.89 Å². The zero-order valence-electron chi connectivity index (χ0n) is 7.20. The Balaban J connectivity index is 2.63. The number of carbonyl (C=O) groups is 1. The lowest BCUT2D eigenvalue weighted by Gasteiger charge is -2.17. The number of esters is 1. The summed E-state index contributed by atoms with van der Waals surface area (Å²) in [6, 6.07) is 0. The van der Waals surface area contributed by atoms with E-state index in [1.807, 2.05) is 0 Å². The Hall–Kier alpha value is -1.39. The first-order valence-corrected chi connectivity index (χ1v) is 3.48. The highest BCUT2D eigenvalue weighted by Crippen LogP contribution is 2.09. The van der Waals surface area contributed by atoms with E-state index in [9.17, 15) is 4.79 Å². The number of rotatable bonds is 1. The van der Waals surface area contributed by atoms with E-state index in [0.29, 0.717) is 0 Å². The minimum absolute atomic E-state index is 0.120. The lowest BCUT2D eigenvalue weighted by atomic mass is 10.2. The molecule has 0 spiro atoms. The van der Waals surface area contributed by atoms with Crippen LogP contribution in [0.15, 0.2) is 10.8 Å². The molecule has 1 heterocycles. The summed E-state index contributed by atoms with van der Waals surface area (Å²) < 4.78 is 9.59. The Morgan fingerprint density at radius 3 is 2.67 bits per heavy atom. The summed E-state index contributed by atoms with van der Waals surface area (Å²) in [6.07, 6.45) is 1.08. The fraction of sp³-hybridized carbons (Fsp3) is 0.571. The van der Waals surface area contributed by atoms with Gasteiger partial charge in [0.2, 0.25) is 6.39 Å². The van der Waals surface area contributed by atoms with Gasteiger partial charge in [-0.1, -0.05) is 0 Å². The van der Waals surface area contributed by atoms with Crippen LogP contribution >= 0.6 is 0 Å². The predicted octanol–water partition coefficient (Wildman–Crippen LogP) is 1.02. The molecule has 0 aliphatic rings. The topological polar surface area (TPSA) is 65.2 Å². The summed E-state index contributed by atoms with van der Waals surface area (Å²) in [5.41, 5.74) is -0.536. The highest BCUT2D eigenvalue weighted by molar-refractivity contribution is 5.84. The largest absolute Gasteiger partial charge is 0.453 e. The van der Waals surface area contributed by atoms with Gasteiger partial charge in [0.25, 0.3) is 0 Å². The van der Waals surface area contributed by atoms with Gasteiger partial charge in [0.05, 0.1) is 0 Å². The summed E-state index contributed by atoms with van der Waals surface area (Å²) in [6.45, 7) is 5.30. The molecular weight excluding hydrogens is 160 g/mol. The monoisotopic (exact) mass is 170 g/mol. The first-order valence-electron chi connectivity index (χ1n) is 3.48. The molecule has 0 saturated carbocycles. The molecule has 0 radical (unpaired) electrons. The minimum Gasteiger partial charge on any atom is -0.453 e. The third-order valence-corrected chi connectivity index (χ3v) is 0.934. The second kappa shape index (κ2) is 2.92. The van der Waals surface area contributed by atoms with E-state index in [4.69, 9.17) is 4.74 Å². The quantitative estimate of drug-likeness (QED) is 0.589. The number of nitrogens with zero attached hydrogens (tertiary/aromatic N) is 2. The molecule has 0 N–H and O–H groups in total. The van der Waals surface area contributed by atoms with E-state index in [0.717, 1.165) is 6.39 Å². The highest BCUT2D eigenvalue weighted by Gasteiger charge is 2.21.